The summed E-state index contributed by atoms with van der Waals surface area (Å²) < 4.78 is 0.874. The van der Waals surface area contributed by atoms with E-state index in [0.29, 0.717) is 0 Å². The maximum absolute atomic E-state index is 10.7. The molecule has 0 bridgehead atoms. The lowest BCUT2D eigenvalue weighted by Crippen LogP contribution is -2.12. The summed E-state index contributed by atoms with van der Waals surface area (Å²) in [6.45, 7) is 2.05. The molecule has 0 aliphatic heterocycles. The molecule has 1 aromatic heterocycles. The second-order valence-corrected chi connectivity index (χ2v) is 5.70. The summed E-state index contributed by atoms with van der Waals surface area (Å²) in [7, 11) is 0. The number of carbonyl (C=O) groups is 1. The molecule has 1 amide bonds. The predicted molar refractivity (Wildman–Crippen MR) is 72.2 cm³/mol. The molecule has 0 fully saturated rings. The van der Waals surface area contributed by atoms with Crippen LogP contribution in [0.2, 0.25) is 0 Å². The maximum atomic E-state index is 10.7. The van der Waals surface area contributed by atoms with Gasteiger partial charge in [0.2, 0.25) is 5.91 Å². The highest BCUT2D eigenvalue weighted by Gasteiger charge is 2.06. The Hall–Kier alpha value is -1.33. The fraction of sp³-hybridized carbons (Fsp3) is 0.167. The Bertz CT molecular complexity index is 520. The van der Waals surface area contributed by atoms with Gasteiger partial charge in [0.25, 0.3) is 0 Å². The van der Waals surface area contributed by atoms with E-state index in [4.69, 9.17) is 5.73 Å². The molecular formula is C12H12N2OS2. The monoisotopic (exact) mass is 264 g/mol. The van der Waals surface area contributed by atoms with Crippen LogP contribution in [0.15, 0.2) is 34.0 Å². The predicted octanol–water partition coefficient (Wildman–Crippen LogP) is 2.70. The number of amides is 1. The van der Waals surface area contributed by atoms with Gasteiger partial charge in [0.1, 0.15) is 0 Å². The van der Waals surface area contributed by atoms with E-state index < -0.39 is 0 Å². The Morgan fingerprint density at radius 1 is 1.41 bits per heavy atom. The first-order valence-electron chi connectivity index (χ1n) is 5.09. The Labute approximate surface area is 108 Å². The summed E-state index contributed by atoms with van der Waals surface area (Å²) in [5.41, 5.74) is 8.36. The number of aromatic nitrogens is 1. The van der Waals surface area contributed by atoms with E-state index >= 15 is 0 Å². The van der Waals surface area contributed by atoms with Crippen LogP contribution in [0.25, 0.3) is 11.3 Å². The molecule has 2 N–H and O–H groups in total. The first-order valence-corrected chi connectivity index (χ1v) is 6.95. The number of primary amides is 1. The van der Waals surface area contributed by atoms with Crippen LogP contribution in [-0.4, -0.2) is 16.6 Å². The van der Waals surface area contributed by atoms with Crippen molar-refractivity contribution in [3.8, 4) is 11.3 Å². The van der Waals surface area contributed by atoms with Crippen LogP contribution in [0.3, 0.4) is 0 Å². The number of hydrogen-bond acceptors (Lipinski definition) is 4. The van der Waals surface area contributed by atoms with Gasteiger partial charge in [-0.25, -0.2) is 4.98 Å². The zero-order valence-corrected chi connectivity index (χ0v) is 11.0. The molecule has 5 heteroatoms. The Morgan fingerprint density at radius 2 is 2.12 bits per heavy atom. The second kappa shape index (κ2) is 5.33. The second-order valence-electron chi connectivity index (χ2n) is 3.62. The van der Waals surface area contributed by atoms with Gasteiger partial charge in [-0.2, -0.15) is 0 Å². The molecule has 0 saturated carbocycles. The topological polar surface area (TPSA) is 56.0 Å². The van der Waals surface area contributed by atoms with Crippen molar-refractivity contribution in [3.05, 3.63) is 35.2 Å². The van der Waals surface area contributed by atoms with Gasteiger partial charge in [0, 0.05) is 10.9 Å². The van der Waals surface area contributed by atoms with E-state index in [1.807, 2.05) is 17.5 Å². The van der Waals surface area contributed by atoms with Crippen molar-refractivity contribution >= 4 is 29.0 Å². The lowest BCUT2D eigenvalue weighted by Gasteiger charge is -1.97. The lowest BCUT2D eigenvalue weighted by atomic mass is 10.1. The molecule has 0 radical (unpaired) electrons. The Morgan fingerprint density at radius 3 is 2.76 bits per heavy atom. The molecule has 17 heavy (non-hydrogen) atoms. The fourth-order valence-corrected chi connectivity index (χ4v) is 2.89. The van der Waals surface area contributed by atoms with Gasteiger partial charge < -0.3 is 5.73 Å². The summed E-state index contributed by atoms with van der Waals surface area (Å²) in [5.74, 6) is -0.0389. The van der Waals surface area contributed by atoms with E-state index in [1.54, 1.807) is 0 Å². The van der Waals surface area contributed by atoms with Crippen molar-refractivity contribution in [2.75, 3.05) is 5.75 Å². The van der Waals surface area contributed by atoms with Crippen LogP contribution in [0.4, 0.5) is 0 Å². The Balaban J connectivity index is 2.12. The zero-order valence-electron chi connectivity index (χ0n) is 9.34. The van der Waals surface area contributed by atoms with Crippen LogP contribution in [0.5, 0.6) is 0 Å². The Kier molecular flexibility index (Phi) is 3.81. The summed E-state index contributed by atoms with van der Waals surface area (Å²) in [4.78, 5) is 15.1. The number of rotatable bonds is 4. The summed E-state index contributed by atoms with van der Waals surface area (Å²) in [6, 6.07) is 8.22. The molecule has 3 nitrogen and oxygen atoms in total. The van der Waals surface area contributed by atoms with Gasteiger partial charge in [-0.05, 0) is 6.92 Å². The lowest BCUT2D eigenvalue weighted by molar-refractivity contribution is -0.115. The van der Waals surface area contributed by atoms with Crippen molar-refractivity contribution in [3.63, 3.8) is 0 Å². The number of benzene rings is 1. The quantitative estimate of drug-likeness (QED) is 0.864. The highest BCUT2D eigenvalue weighted by atomic mass is 32.2. The molecule has 0 unspecified atom stereocenters. The van der Waals surface area contributed by atoms with Crippen molar-refractivity contribution in [2.24, 2.45) is 5.73 Å². The number of hydrogen-bond donors (Lipinski definition) is 1. The minimum Gasteiger partial charge on any atom is -0.369 e. The molecule has 2 aromatic rings. The van der Waals surface area contributed by atoms with Crippen LogP contribution >= 0.6 is 23.1 Å². The number of aryl methyl sites for hydroxylation is 1. The van der Waals surface area contributed by atoms with Gasteiger partial charge in [0.15, 0.2) is 4.34 Å². The van der Waals surface area contributed by atoms with Crippen molar-refractivity contribution in [1.29, 1.82) is 0 Å². The number of nitrogens with two attached hydrogens (primary N) is 1. The molecule has 0 atom stereocenters. The first-order chi connectivity index (χ1) is 8.15. The van der Waals surface area contributed by atoms with Crippen LogP contribution in [-0.2, 0) is 4.79 Å². The van der Waals surface area contributed by atoms with Gasteiger partial charge in [-0.15, -0.1) is 11.3 Å². The highest BCUT2D eigenvalue weighted by molar-refractivity contribution is 8.01. The molecule has 1 aromatic carbocycles. The molecule has 0 aliphatic rings. The van der Waals surface area contributed by atoms with Crippen molar-refractivity contribution in [1.82, 2.24) is 4.98 Å². The van der Waals surface area contributed by atoms with E-state index in [2.05, 4.69) is 24.0 Å². The van der Waals surface area contributed by atoms with Gasteiger partial charge in [-0.1, -0.05) is 41.6 Å². The van der Waals surface area contributed by atoms with E-state index in [1.165, 1.54) is 28.7 Å². The van der Waals surface area contributed by atoms with Gasteiger partial charge in [0.05, 0.1) is 11.4 Å². The third-order valence-corrected chi connectivity index (χ3v) is 4.21. The third-order valence-electron chi connectivity index (χ3n) is 2.17. The average molecular weight is 264 g/mol. The summed E-state index contributed by atoms with van der Waals surface area (Å²) in [6.07, 6.45) is 0. The largest absolute Gasteiger partial charge is 0.369 e. The smallest absolute Gasteiger partial charge is 0.227 e. The molecule has 2 rings (SSSR count). The van der Waals surface area contributed by atoms with Crippen LogP contribution < -0.4 is 5.73 Å². The molecule has 0 saturated heterocycles. The van der Waals surface area contributed by atoms with E-state index in [9.17, 15) is 4.79 Å². The van der Waals surface area contributed by atoms with E-state index in [-0.39, 0.29) is 11.7 Å². The first kappa shape index (κ1) is 12.1. The number of thiazole rings is 1. The minimum absolute atomic E-state index is 0.279. The van der Waals surface area contributed by atoms with Crippen LogP contribution in [0.1, 0.15) is 5.56 Å². The molecule has 88 valence electrons. The summed E-state index contributed by atoms with van der Waals surface area (Å²) >= 11 is 2.91. The minimum atomic E-state index is -0.318. The zero-order chi connectivity index (χ0) is 12.3. The normalized spacial score (nSPS) is 10.4. The third kappa shape index (κ3) is 3.31. The maximum Gasteiger partial charge on any atom is 0.227 e. The average Bonchev–Trinajstić information content (AvgIpc) is 2.76. The number of nitrogens with zero attached hydrogens (tertiary/aromatic N) is 1. The molecule has 1 heterocycles. The molecule has 0 spiro atoms. The van der Waals surface area contributed by atoms with Gasteiger partial charge >= 0.3 is 0 Å². The van der Waals surface area contributed by atoms with Crippen LogP contribution in [0, 0.1) is 6.92 Å². The van der Waals surface area contributed by atoms with Crippen molar-refractivity contribution < 1.29 is 4.79 Å². The van der Waals surface area contributed by atoms with Gasteiger partial charge in [-0.3, -0.25) is 4.79 Å². The molecular weight excluding hydrogens is 252 g/mol. The van der Waals surface area contributed by atoms with E-state index in [0.717, 1.165) is 15.6 Å². The SMILES string of the molecule is Cc1ccc(-c2csc(SCC(N)=O)n2)cc1. The summed E-state index contributed by atoms with van der Waals surface area (Å²) in [5, 5.41) is 1.99. The molecule has 0 aliphatic carbocycles. The number of thioether (sulfide) groups is 1. The fourth-order valence-electron chi connectivity index (χ4n) is 1.31. The highest BCUT2D eigenvalue weighted by Crippen LogP contribution is 2.28. The number of carbonyl (C=O) groups excluding carboxylic acids is 1. The standard InChI is InChI=1S/C12H12N2OS2/c1-8-2-4-9(5-3-8)10-6-16-12(14-10)17-7-11(13)15/h2-6H,7H2,1H3,(H2,13,15). The van der Waals surface area contributed by atoms with Crippen molar-refractivity contribution in [2.45, 2.75) is 11.3 Å².